The van der Waals surface area contributed by atoms with Crippen LogP contribution in [-0.4, -0.2) is 34.2 Å². The van der Waals surface area contributed by atoms with Gasteiger partial charge in [0.2, 0.25) is 5.91 Å². The van der Waals surface area contributed by atoms with Crippen molar-refractivity contribution < 1.29 is 19.3 Å². The van der Waals surface area contributed by atoms with Crippen LogP contribution < -0.4 is 10.6 Å². The lowest BCUT2D eigenvalue weighted by Crippen LogP contribution is -2.42. The standard InChI is InChI=1S/C19H14ClN5O5/c1-19(12-3-2-4-14(7-12)25(29)30)17(27)24(18(28)23-19)10-16(26)22-13-6-5-11(9-21)15(20)8-13/h2-8H,10H2,1H3,(H,22,26)(H,23,28). The van der Waals surface area contributed by atoms with Crippen molar-refractivity contribution in [3.63, 3.8) is 0 Å². The number of imide groups is 1. The average molecular weight is 428 g/mol. The first kappa shape index (κ1) is 20.8. The van der Waals surface area contributed by atoms with Crippen molar-refractivity contribution in [1.29, 1.82) is 5.26 Å². The summed E-state index contributed by atoms with van der Waals surface area (Å²) in [4.78, 5) is 48.7. The number of urea groups is 1. The fourth-order valence-electron chi connectivity index (χ4n) is 2.99. The van der Waals surface area contributed by atoms with Crippen LogP contribution in [0.4, 0.5) is 16.2 Å². The molecule has 1 aliphatic heterocycles. The summed E-state index contributed by atoms with van der Waals surface area (Å²) >= 11 is 5.92. The van der Waals surface area contributed by atoms with Gasteiger partial charge in [0.1, 0.15) is 18.2 Å². The Kier molecular flexibility index (Phi) is 5.40. The minimum absolute atomic E-state index is 0.142. The third kappa shape index (κ3) is 3.78. The molecule has 30 heavy (non-hydrogen) atoms. The normalized spacial score (nSPS) is 18.0. The molecule has 10 nitrogen and oxygen atoms in total. The van der Waals surface area contributed by atoms with Gasteiger partial charge in [-0.3, -0.25) is 24.6 Å². The lowest BCUT2D eigenvalue weighted by Gasteiger charge is -2.22. The molecule has 1 unspecified atom stereocenters. The van der Waals surface area contributed by atoms with E-state index in [4.69, 9.17) is 16.9 Å². The lowest BCUT2D eigenvalue weighted by molar-refractivity contribution is -0.385. The first-order chi connectivity index (χ1) is 14.2. The number of hydrogen-bond donors (Lipinski definition) is 2. The predicted molar refractivity (Wildman–Crippen MR) is 105 cm³/mol. The number of carbonyl (C=O) groups is 3. The Morgan fingerprint density at radius 3 is 2.70 bits per heavy atom. The van der Waals surface area contributed by atoms with Crippen molar-refractivity contribution in [2.45, 2.75) is 12.5 Å². The van der Waals surface area contributed by atoms with Gasteiger partial charge in [-0.25, -0.2) is 4.79 Å². The van der Waals surface area contributed by atoms with Crippen LogP contribution in [0.5, 0.6) is 0 Å². The van der Waals surface area contributed by atoms with Crippen LogP contribution in [0.15, 0.2) is 42.5 Å². The summed E-state index contributed by atoms with van der Waals surface area (Å²) in [6, 6.07) is 10.7. The van der Waals surface area contributed by atoms with Crippen LogP contribution in [0, 0.1) is 21.4 Å². The zero-order valence-corrected chi connectivity index (χ0v) is 16.3. The van der Waals surface area contributed by atoms with Gasteiger partial charge >= 0.3 is 6.03 Å². The van der Waals surface area contributed by atoms with Gasteiger partial charge in [-0.15, -0.1) is 0 Å². The molecular weight excluding hydrogens is 414 g/mol. The third-order valence-electron chi connectivity index (χ3n) is 4.58. The van der Waals surface area contributed by atoms with Crippen LogP contribution in [0.25, 0.3) is 0 Å². The highest BCUT2D eigenvalue weighted by molar-refractivity contribution is 6.32. The Morgan fingerprint density at radius 2 is 2.07 bits per heavy atom. The highest BCUT2D eigenvalue weighted by Gasteiger charge is 2.49. The number of halogens is 1. The van der Waals surface area contributed by atoms with E-state index < -0.39 is 34.9 Å². The van der Waals surface area contributed by atoms with Crippen molar-refractivity contribution >= 4 is 40.8 Å². The molecule has 1 saturated heterocycles. The number of anilines is 1. The number of nitriles is 1. The number of amides is 4. The fraction of sp³-hybridized carbons (Fsp3) is 0.158. The van der Waals surface area contributed by atoms with Crippen LogP contribution in [0.3, 0.4) is 0 Å². The molecule has 0 spiro atoms. The summed E-state index contributed by atoms with van der Waals surface area (Å²) < 4.78 is 0. The number of benzene rings is 2. The van der Waals surface area contributed by atoms with Gasteiger partial charge in [-0.2, -0.15) is 5.26 Å². The van der Waals surface area contributed by atoms with Crippen molar-refractivity contribution in [1.82, 2.24) is 10.2 Å². The Morgan fingerprint density at radius 1 is 1.33 bits per heavy atom. The van der Waals surface area contributed by atoms with Crippen molar-refractivity contribution in [3.8, 4) is 6.07 Å². The van der Waals surface area contributed by atoms with Gasteiger partial charge in [-0.05, 0) is 30.7 Å². The number of nitro groups is 1. The molecule has 0 radical (unpaired) electrons. The number of nitro benzene ring substituents is 1. The quantitative estimate of drug-likeness (QED) is 0.426. The summed E-state index contributed by atoms with van der Waals surface area (Å²) in [7, 11) is 0. The predicted octanol–water partition coefficient (Wildman–Crippen LogP) is 2.53. The maximum Gasteiger partial charge on any atom is 0.325 e. The van der Waals surface area contributed by atoms with E-state index in [1.165, 1.54) is 49.4 Å². The number of carbonyl (C=O) groups excluding carboxylic acids is 3. The maximum absolute atomic E-state index is 12.9. The summed E-state index contributed by atoms with van der Waals surface area (Å²) in [6.45, 7) is 0.831. The number of nitrogens with zero attached hydrogens (tertiary/aromatic N) is 3. The zero-order valence-electron chi connectivity index (χ0n) is 15.5. The summed E-state index contributed by atoms with van der Waals surface area (Å²) in [5.41, 5.74) is -1.04. The van der Waals surface area contributed by atoms with Gasteiger partial charge in [0.15, 0.2) is 0 Å². The average Bonchev–Trinajstić information content (AvgIpc) is 2.92. The highest BCUT2D eigenvalue weighted by atomic mass is 35.5. The molecule has 0 saturated carbocycles. The van der Waals surface area contributed by atoms with Crippen molar-refractivity contribution in [2.24, 2.45) is 0 Å². The summed E-state index contributed by atoms with van der Waals surface area (Å²) in [5.74, 6) is -1.39. The molecule has 2 aromatic rings. The summed E-state index contributed by atoms with van der Waals surface area (Å²) in [5, 5.41) is 25.0. The molecule has 1 aliphatic rings. The van der Waals surface area contributed by atoms with Crippen LogP contribution in [0.1, 0.15) is 18.1 Å². The molecule has 4 amide bonds. The Hall–Kier alpha value is -3.97. The first-order valence-electron chi connectivity index (χ1n) is 8.54. The highest BCUT2D eigenvalue weighted by Crippen LogP contribution is 2.31. The Balaban J connectivity index is 1.77. The van der Waals surface area contributed by atoms with Crippen LogP contribution in [-0.2, 0) is 15.1 Å². The molecule has 152 valence electrons. The number of rotatable bonds is 5. The van der Waals surface area contributed by atoms with Crippen LogP contribution >= 0.6 is 11.6 Å². The molecule has 1 heterocycles. The third-order valence-corrected chi connectivity index (χ3v) is 4.90. The SMILES string of the molecule is CC1(c2cccc([N+](=O)[O-])c2)NC(=O)N(CC(=O)Nc2ccc(C#N)c(Cl)c2)C1=O. The number of non-ortho nitro benzene ring substituents is 1. The second-order valence-corrected chi connectivity index (χ2v) is 7.02. The van der Waals surface area contributed by atoms with E-state index in [9.17, 15) is 24.5 Å². The molecule has 3 rings (SSSR count). The molecule has 1 fully saturated rings. The van der Waals surface area contributed by atoms with Crippen molar-refractivity contribution in [2.75, 3.05) is 11.9 Å². The van der Waals surface area contributed by atoms with E-state index in [-0.39, 0.29) is 27.5 Å². The van der Waals surface area contributed by atoms with E-state index in [0.29, 0.717) is 0 Å². The second-order valence-electron chi connectivity index (χ2n) is 6.61. The minimum Gasteiger partial charge on any atom is -0.324 e. The molecule has 0 bridgehead atoms. The minimum atomic E-state index is -1.55. The van der Waals surface area contributed by atoms with Gasteiger partial charge in [-0.1, -0.05) is 23.7 Å². The lowest BCUT2D eigenvalue weighted by atomic mass is 9.91. The van der Waals surface area contributed by atoms with Crippen molar-refractivity contribution in [3.05, 3.63) is 68.7 Å². The van der Waals surface area contributed by atoms with Gasteiger partial charge < -0.3 is 10.6 Å². The number of nitrogens with one attached hydrogen (secondary N) is 2. The maximum atomic E-state index is 12.9. The molecule has 0 aromatic heterocycles. The van der Waals surface area contributed by atoms with Crippen LogP contribution in [0.2, 0.25) is 5.02 Å². The molecule has 2 N–H and O–H groups in total. The number of hydrogen-bond acceptors (Lipinski definition) is 6. The van der Waals surface area contributed by atoms with E-state index in [1.54, 1.807) is 0 Å². The van der Waals surface area contributed by atoms with E-state index in [0.717, 1.165) is 4.90 Å². The summed E-state index contributed by atoms with van der Waals surface area (Å²) in [6.07, 6.45) is 0. The monoisotopic (exact) mass is 427 g/mol. The van der Waals surface area contributed by atoms with E-state index >= 15 is 0 Å². The van der Waals surface area contributed by atoms with E-state index in [1.807, 2.05) is 6.07 Å². The molecular formula is C19H14ClN5O5. The zero-order chi connectivity index (χ0) is 22.1. The fourth-order valence-corrected chi connectivity index (χ4v) is 3.22. The smallest absolute Gasteiger partial charge is 0.324 e. The van der Waals surface area contributed by atoms with Gasteiger partial charge in [0, 0.05) is 17.8 Å². The van der Waals surface area contributed by atoms with E-state index in [2.05, 4.69) is 10.6 Å². The molecule has 1 atom stereocenters. The Labute approximate surface area is 175 Å². The largest absolute Gasteiger partial charge is 0.325 e. The Bertz CT molecular complexity index is 1130. The van der Waals surface area contributed by atoms with Gasteiger partial charge in [0.25, 0.3) is 11.6 Å². The molecule has 0 aliphatic carbocycles. The molecule has 2 aromatic carbocycles. The topological polar surface area (TPSA) is 145 Å². The molecule has 11 heteroatoms. The first-order valence-corrected chi connectivity index (χ1v) is 8.92. The van der Waals surface area contributed by atoms with Gasteiger partial charge in [0.05, 0.1) is 15.5 Å². The second kappa shape index (κ2) is 7.81.